The summed E-state index contributed by atoms with van der Waals surface area (Å²) in [5.74, 6) is -0.823. The van der Waals surface area contributed by atoms with Crippen molar-refractivity contribution in [3.05, 3.63) is 87.7 Å². The van der Waals surface area contributed by atoms with Gasteiger partial charge in [-0.05, 0) is 39.0 Å². The van der Waals surface area contributed by atoms with E-state index in [1.807, 2.05) is 37.3 Å². The van der Waals surface area contributed by atoms with Crippen molar-refractivity contribution in [1.29, 1.82) is 0 Å². The predicted molar refractivity (Wildman–Crippen MR) is 116 cm³/mol. The lowest BCUT2D eigenvalue weighted by Crippen LogP contribution is -2.37. The van der Waals surface area contributed by atoms with E-state index >= 15 is 0 Å². The van der Waals surface area contributed by atoms with Gasteiger partial charge in [0.1, 0.15) is 17.4 Å². The average Bonchev–Trinajstić information content (AvgIpc) is 3.13. The Balaban J connectivity index is 1.68. The highest BCUT2D eigenvalue weighted by Crippen LogP contribution is 2.20. The molecular formula is C23H22FN5O2. The van der Waals surface area contributed by atoms with Crippen LogP contribution in [0.25, 0.3) is 16.6 Å². The van der Waals surface area contributed by atoms with Gasteiger partial charge in [-0.3, -0.25) is 9.59 Å². The molecule has 0 saturated carbocycles. The number of aryl methyl sites for hydroxylation is 2. The van der Waals surface area contributed by atoms with Crippen molar-refractivity contribution >= 4 is 16.8 Å². The summed E-state index contributed by atoms with van der Waals surface area (Å²) in [6.45, 7) is 5.19. The molecule has 0 saturated heterocycles. The molecule has 31 heavy (non-hydrogen) atoms. The highest BCUT2D eigenvalue weighted by molar-refractivity contribution is 5.84. The van der Waals surface area contributed by atoms with Crippen LogP contribution in [0.3, 0.4) is 0 Å². The number of carbonyl (C=O) groups is 1. The Labute approximate surface area is 178 Å². The average molecular weight is 419 g/mol. The first-order valence-electron chi connectivity index (χ1n) is 9.93. The second-order valence-electron chi connectivity index (χ2n) is 7.38. The van der Waals surface area contributed by atoms with Crippen LogP contribution in [0.1, 0.15) is 29.9 Å². The minimum atomic E-state index is -0.873. The van der Waals surface area contributed by atoms with Crippen molar-refractivity contribution in [3.8, 4) is 5.69 Å². The predicted octanol–water partition coefficient (Wildman–Crippen LogP) is 3.22. The van der Waals surface area contributed by atoms with Crippen LogP contribution in [0.4, 0.5) is 4.39 Å². The fourth-order valence-electron chi connectivity index (χ4n) is 3.55. The Morgan fingerprint density at radius 3 is 2.45 bits per heavy atom. The molecule has 0 aliphatic carbocycles. The molecule has 158 valence electrons. The first kappa shape index (κ1) is 20.5. The number of nitrogens with one attached hydrogen (secondary N) is 1. The highest BCUT2D eigenvalue weighted by atomic mass is 19.1. The number of benzene rings is 2. The van der Waals surface area contributed by atoms with Gasteiger partial charge in [0.25, 0.3) is 5.56 Å². The van der Waals surface area contributed by atoms with Crippen LogP contribution in [0.5, 0.6) is 0 Å². The second kappa shape index (κ2) is 8.14. The maximum Gasteiger partial charge on any atom is 0.278 e. The third kappa shape index (κ3) is 3.72. The van der Waals surface area contributed by atoms with Crippen molar-refractivity contribution in [2.45, 2.75) is 33.4 Å². The van der Waals surface area contributed by atoms with Crippen molar-refractivity contribution in [2.24, 2.45) is 0 Å². The number of hydrogen-bond acceptors (Lipinski definition) is 4. The van der Waals surface area contributed by atoms with Gasteiger partial charge in [0.05, 0.1) is 22.5 Å². The second-order valence-corrected chi connectivity index (χ2v) is 7.38. The van der Waals surface area contributed by atoms with E-state index in [1.165, 1.54) is 10.7 Å². The van der Waals surface area contributed by atoms with Gasteiger partial charge in [-0.15, -0.1) is 0 Å². The van der Waals surface area contributed by atoms with Gasteiger partial charge < -0.3 is 5.32 Å². The van der Waals surface area contributed by atoms with Crippen molar-refractivity contribution in [1.82, 2.24) is 24.9 Å². The number of halogens is 1. The van der Waals surface area contributed by atoms with E-state index in [2.05, 4.69) is 15.5 Å². The number of para-hydroxylation sites is 1. The molecule has 4 rings (SSSR count). The number of rotatable bonds is 5. The lowest BCUT2D eigenvalue weighted by molar-refractivity contribution is -0.124. The third-order valence-corrected chi connectivity index (χ3v) is 5.30. The Hall–Kier alpha value is -3.81. The summed E-state index contributed by atoms with van der Waals surface area (Å²) >= 11 is 0. The summed E-state index contributed by atoms with van der Waals surface area (Å²) in [6, 6.07) is 14.8. The number of amides is 1. The lowest BCUT2D eigenvalue weighted by atomic mass is 10.2. The van der Waals surface area contributed by atoms with Gasteiger partial charge in [-0.1, -0.05) is 36.4 Å². The highest BCUT2D eigenvalue weighted by Gasteiger charge is 2.23. The van der Waals surface area contributed by atoms with Crippen molar-refractivity contribution in [3.63, 3.8) is 0 Å². The van der Waals surface area contributed by atoms with Crippen molar-refractivity contribution in [2.75, 3.05) is 0 Å². The molecule has 0 aliphatic rings. The van der Waals surface area contributed by atoms with Crippen LogP contribution >= 0.6 is 0 Å². The van der Waals surface area contributed by atoms with E-state index in [-0.39, 0.29) is 6.54 Å². The fourth-order valence-corrected chi connectivity index (χ4v) is 3.55. The summed E-state index contributed by atoms with van der Waals surface area (Å²) in [4.78, 5) is 25.9. The van der Waals surface area contributed by atoms with E-state index < -0.39 is 23.3 Å². The number of fused-ring (bicyclic) bond motifs is 1. The van der Waals surface area contributed by atoms with Gasteiger partial charge in [0.2, 0.25) is 5.91 Å². The number of hydrogen-bond donors (Lipinski definition) is 1. The van der Waals surface area contributed by atoms with E-state index in [4.69, 9.17) is 0 Å². The van der Waals surface area contributed by atoms with Gasteiger partial charge in [-0.2, -0.15) is 10.2 Å². The normalized spacial score (nSPS) is 12.1. The summed E-state index contributed by atoms with van der Waals surface area (Å²) in [5, 5.41) is 12.0. The number of carbonyl (C=O) groups excluding carboxylic acids is 1. The molecule has 8 heteroatoms. The summed E-state index contributed by atoms with van der Waals surface area (Å²) in [7, 11) is 0. The van der Waals surface area contributed by atoms with Gasteiger partial charge in [0.15, 0.2) is 0 Å². The molecule has 7 nitrogen and oxygen atoms in total. The lowest BCUT2D eigenvalue weighted by Gasteiger charge is -2.15. The zero-order valence-corrected chi connectivity index (χ0v) is 17.5. The molecule has 1 amide bonds. The summed E-state index contributed by atoms with van der Waals surface area (Å²) in [5.41, 5.74) is 2.52. The molecule has 2 heterocycles. The summed E-state index contributed by atoms with van der Waals surface area (Å²) < 4.78 is 16.7. The maximum absolute atomic E-state index is 13.8. The monoisotopic (exact) mass is 419 g/mol. The molecule has 2 aromatic carbocycles. The molecule has 0 radical (unpaired) electrons. The molecule has 2 aromatic heterocycles. The van der Waals surface area contributed by atoms with Crippen molar-refractivity contribution < 1.29 is 9.18 Å². The van der Waals surface area contributed by atoms with Crippen LogP contribution in [0.15, 0.2) is 59.4 Å². The Morgan fingerprint density at radius 1 is 1.06 bits per heavy atom. The Kier molecular flexibility index (Phi) is 5.37. The van der Waals surface area contributed by atoms with Gasteiger partial charge in [-0.25, -0.2) is 13.8 Å². The first-order chi connectivity index (χ1) is 14.9. The van der Waals surface area contributed by atoms with E-state index in [1.54, 1.807) is 36.7 Å². The van der Waals surface area contributed by atoms with E-state index in [0.29, 0.717) is 27.9 Å². The Bertz CT molecular complexity index is 1330. The first-order valence-corrected chi connectivity index (χ1v) is 9.93. The largest absolute Gasteiger partial charge is 0.350 e. The van der Waals surface area contributed by atoms with E-state index in [9.17, 15) is 14.0 Å². The third-order valence-electron chi connectivity index (χ3n) is 5.30. The molecule has 0 fully saturated rings. The van der Waals surface area contributed by atoms with Gasteiger partial charge in [0, 0.05) is 12.1 Å². The molecule has 1 atom stereocenters. The maximum atomic E-state index is 13.8. The minimum Gasteiger partial charge on any atom is -0.350 e. The Morgan fingerprint density at radius 2 is 1.74 bits per heavy atom. The smallest absolute Gasteiger partial charge is 0.278 e. The SMILES string of the molecule is Cc1nn([C@H](C)C(=O)NCc2ccccc2F)c(=O)c2c(C)n(-c3ccccc3)nc12. The molecule has 1 N–H and O–H groups in total. The van der Waals surface area contributed by atoms with Crippen LogP contribution in [0.2, 0.25) is 0 Å². The molecule has 0 unspecified atom stereocenters. The topological polar surface area (TPSA) is 81.8 Å². The zero-order valence-electron chi connectivity index (χ0n) is 17.5. The molecule has 0 spiro atoms. The zero-order chi connectivity index (χ0) is 22.1. The van der Waals surface area contributed by atoms with E-state index in [0.717, 1.165) is 5.69 Å². The van der Waals surface area contributed by atoms with Crippen LogP contribution < -0.4 is 10.9 Å². The van der Waals surface area contributed by atoms with Gasteiger partial charge >= 0.3 is 0 Å². The summed E-state index contributed by atoms with van der Waals surface area (Å²) in [6.07, 6.45) is 0. The minimum absolute atomic E-state index is 0.0246. The molecule has 0 bridgehead atoms. The fraction of sp³-hybridized carbons (Fsp3) is 0.217. The van der Waals surface area contributed by atoms with Crippen LogP contribution in [-0.2, 0) is 11.3 Å². The number of nitrogens with zero attached hydrogens (tertiary/aromatic N) is 4. The molecular weight excluding hydrogens is 397 g/mol. The standard InChI is InChI=1S/C23H22FN5O2/c1-14-21-20(15(2)28(27-21)18-10-5-4-6-11-18)23(31)29(26-14)16(3)22(30)25-13-17-9-7-8-12-19(17)24/h4-12,16H,13H2,1-3H3,(H,25,30)/t16-/m1/s1. The van der Waals surface area contributed by atoms with Crippen LogP contribution in [0, 0.1) is 19.7 Å². The number of aromatic nitrogens is 4. The molecule has 4 aromatic rings. The van der Waals surface area contributed by atoms with Crippen LogP contribution in [-0.4, -0.2) is 25.5 Å². The molecule has 0 aliphatic heterocycles. The quantitative estimate of drug-likeness (QED) is 0.539.